The van der Waals surface area contributed by atoms with E-state index in [1.54, 1.807) is 18.2 Å². The summed E-state index contributed by atoms with van der Waals surface area (Å²) in [6.07, 6.45) is 0.342. The molecule has 2 N–H and O–H groups in total. The van der Waals surface area contributed by atoms with Gasteiger partial charge >= 0.3 is 0 Å². The number of thioether (sulfide) groups is 1. The molecular weight excluding hydrogens is 329 g/mol. The van der Waals surface area contributed by atoms with Crippen molar-refractivity contribution in [1.29, 1.82) is 0 Å². The van der Waals surface area contributed by atoms with Gasteiger partial charge in [-0.05, 0) is 25.0 Å². The van der Waals surface area contributed by atoms with Crippen molar-refractivity contribution in [2.24, 2.45) is 0 Å². The zero-order valence-corrected chi connectivity index (χ0v) is 14.4. The molecule has 7 heteroatoms. The van der Waals surface area contributed by atoms with Gasteiger partial charge in [0.05, 0.1) is 5.25 Å². The molecule has 2 heterocycles. The molecule has 2 amide bonds. The minimum absolute atomic E-state index is 0.0199. The van der Waals surface area contributed by atoms with Crippen LogP contribution in [0.25, 0.3) is 0 Å². The number of amides is 2. The summed E-state index contributed by atoms with van der Waals surface area (Å²) in [7, 11) is 0. The molecule has 0 radical (unpaired) electrons. The number of carbonyl (C=O) groups is 2. The summed E-state index contributed by atoms with van der Waals surface area (Å²) in [4.78, 5) is 26.7. The third kappa shape index (κ3) is 3.89. The van der Waals surface area contributed by atoms with Gasteiger partial charge in [0.15, 0.2) is 0 Å². The molecule has 130 valence electrons. The summed E-state index contributed by atoms with van der Waals surface area (Å²) < 4.78 is 13.7. The van der Waals surface area contributed by atoms with Crippen LogP contribution < -0.4 is 10.6 Å². The summed E-state index contributed by atoms with van der Waals surface area (Å²) in [5.74, 6) is 0.0330. The number of rotatable bonds is 3. The average molecular weight is 351 g/mol. The van der Waals surface area contributed by atoms with Crippen molar-refractivity contribution in [3.05, 3.63) is 35.6 Å². The van der Waals surface area contributed by atoms with Crippen LogP contribution in [0.4, 0.5) is 4.39 Å². The molecule has 0 aliphatic carbocycles. The second-order valence-electron chi connectivity index (χ2n) is 6.32. The van der Waals surface area contributed by atoms with Gasteiger partial charge in [-0.2, -0.15) is 0 Å². The van der Waals surface area contributed by atoms with Crippen molar-refractivity contribution in [3.63, 3.8) is 0 Å². The van der Waals surface area contributed by atoms with Gasteiger partial charge in [-0.3, -0.25) is 9.59 Å². The van der Waals surface area contributed by atoms with Gasteiger partial charge in [-0.15, -0.1) is 11.8 Å². The third-order valence-electron chi connectivity index (χ3n) is 4.41. The fourth-order valence-electron chi connectivity index (χ4n) is 3.10. The molecular formula is C17H22FN3O2S. The number of hydrogen-bond acceptors (Lipinski definition) is 4. The highest BCUT2D eigenvalue weighted by Gasteiger charge is 2.35. The van der Waals surface area contributed by atoms with Crippen molar-refractivity contribution in [2.45, 2.75) is 30.7 Å². The van der Waals surface area contributed by atoms with Crippen LogP contribution >= 0.6 is 11.8 Å². The van der Waals surface area contributed by atoms with E-state index in [9.17, 15) is 14.0 Å². The lowest BCUT2D eigenvalue weighted by atomic mass is 10.1. The fraction of sp³-hybridized carbons (Fsp3) is 0.529. The van der Waals surface area contributed by atoms with Gasteiger partial charge in [0, 0.05) is 31.4 Å². The van der Waals surface area contributed by atoms with E-state index in [-0.39, 0.29) is 28.9 Å². The van der Waals surface area contributed by atoms with Gasteiger partial charge in [0.25, 0.3) is 0 Å². The standard InChI is InChI=1S/C17H22FN3O2S/c1-11-9-21(7-6-19-11)17(23)14-10-24-15(16(22)20-14)8-12-4-2-3-5-13(12)18/h2-5,11,14-15,19H,6-10H2,1H3,(H,20,22). The molecule has 0 aromatic heterocycles. The second-order valence-corrected chi connectivity index (χ2v) is 7.55. The Bertz CT molecular complexity index is 628. The van der Waals surface area contributed by atoms with Crippen molar-refractivity contribution in [2.75, 3.05) is 25.4 Å². The fourth-order valence-corrected chi connectivity index (χ4v) is 4.26. The summed E-state index contributed by atoms with van der Waals surface area (Å²) >= 11 is 1.43. The smallest absolute Gasteiger partial charge is 0.246 e. The summed E-state index contributed by atoms with van der Waals surface area (Å²) in [6, 6.07) is 6.28. The number of carbonyl (C=O) groups excluding carboxylic acids is 2. The quantitative estimate of drug-likeness (QED) is 0.845. The lowest BCUT2D eigenvalue weighted by molar-refractivity contribution is -0.136. The van der Waals surface area contributed by atoms with E-state index in [0.29, 0.717) is 30.8 Å². The van der Waals surface area contributed by atoms with E-state index in [4.69, 9.17) is 0 Å². The Morgan fingerprint density at radius 2 is 2.21 bits per heavy atom. The number of nitrogens with zero attached hydrogens (tertiary/aromatic N) is 1. The molecule has 1 aromatic rings. The molecule has 0 saturated carbocycles. The maximum absolute atomic E-state index is 13.7. The molecule has 1 aromatic carbocycles. The van der Waals surface area contributed by atoms with Gasteiger partial charge in [-0.1, -0.05) is 18.2 Å². The Labute approximate surface area is 145 Å². The predicted octanol–water partition coefficient (Wildman–Crippen LogP) is 0.789. The van der Waals surface area contributed by atoms with Gasteiger partial charge < -0.3 is 15.5 Å². The van der Waals surface area contributed by atoms with Crippen LogP contribution in [-0.4, -0.2) is 59.4 Å². The summed E-state index contributed by atoms with van der Waals surface area (Å²) in [5.41, 5.74) is 0.533. The largest absolute Gasteiger partial charge is 0.343 e. The lowest BCUT2D eigenvalue weighted by Crippen LogP contribution is -2.59. The summed E-state index contributed by atoms with van der Waals surface area (Å²) in [5, 5.41) is 5.77. The van der Waals surface area contributed by atoms with E-state index in [1.807, 2.05) is 11.8 Å². The maximum atomic E-state index is 13.7. The minimum atomic E-state index is -0.482. The van der Waals surface area contributed by atoms with Crippen LogP contribution in [0.2, 0.25) is 0 Å². The van der Waals surface area contributed by atoms with Crippen LogP contribution in [0.3, 0.4) is 0 Å². The highest BCUT2D eigenvalue weighted by Crippen LogP contribution is 2.24. The molecule has 3 rings (SSSR count). The molecule has 2 saturated heterocycles. The van der Waals surface area contributed by atoms with E-state index in [1.165, 1.54) is 17.8 Å². The first-order valence-electron chi connectivity index (χ1n) is 8.22. The predicted molar refractivity (Wildman–Crippen MR) is 92.3 cm³/mol. The topological polar surface area (TPSA) is 61.4 Å². The van der Waals surface area contributed by atoms with E-state index in [2.05, 4.69) is 10.6 Å². The molecule has 24 heavy (non-hydrogen) atoms. The van der Waals surface area contributed by atoms with Gasteiger partial charge in [0.1, 0.15) is 11.9 Å². The van der Waals surface area contributed by atoms with E-state index in [0.717, 1.165) is 6.54 Å². The molecule has 5 nitrogen and oxygen atoms in total. The first-order chi connectivity index (χ1) is 11.5. The Balaban J connectivity index is 1.58. The highest BCUT2D eigenvalue weighted by atomic mass is 32.2. The number of piperazine rings is 1. The van der Waals surface area contributed by atoms with E-state index >= 15 is 0 Å². The Hall–Kier alpha value is -1.60. The number of halogens is 1. The molecule has 2 aliphatic heterocycles. The van der Waals surface area contributed by atoms with Crippen molar-refractivity contribution < 1.29 is 14.0 Å². The SMILES string of the molecule is CC1CN(C(=O)C2CSC(Cc3ccccc3F)C(=O)N2)CCN1. The Morgan fingerprint density at radius 1 is 1.42 bits per heavy atom. The second kappa shape index (κ2) is 7.53. The van der Waals surface area contributed by atoms with Crippen LogP contribution in [0.1, 0.15) is 12.5 Å². The molecule has 0 bridgehead atoms. The van der Waals surface area contributed by atoms with Gasteiger partial charge in [0.2, 0.25) is 11.8 Å². The molecule has 2 aliphatic rings. The number of hydrogen-bond donors (Lipinski definition) is 2. The van der Waals surface area contributed by atoms with Crippen LogP contribution in [-0.2, 0) is 16.0 Å². The third-order valence-corrected chi connectivity index (χ3v) is 5.72. The van der Waals surface area contributed by atoms with Crippen LogP contribution in [0.15, 0.2) is 24.3 Å². The number of benzene rings is 1. The van der Waals surface area contributed by atoms with Crippen molar-refractivity contribution >= 4 is 23.6 Å². The highest BCUT2D eigenvalue weighted by molar-refractivity contribution is 8.00. The Kier molecular flexibility index (Phi) is 5.40. The molecule has 3 unspecified atom stereocenters. The molecule has 3 atom stereocenters. The maximum Gasteiger partial charge on any atom is 0.246 e. The normalized spacial score (nSPS) is 27.7. The molecule has 2 fully saturated rings. The monoisotopic (exact) mass is 351 g/mol. The zero-order valence-electron chi connectivity index (χ0n) is 13.6. The van der Waals surface area contributed by atoms with Gasteiger partial charge in [-0.25, -0.2) is 4.39 Å². The first kappa shape index (κ1) is 17.2. The van der Waals surface area contributed by atoms with Crippen molar-refractivity contribution in [3.8, 4) is 0 Å². The molecule has 0 spiro atoms. The minimum Gasteiger partial charge on any atom is -0.343 e. The Morgan fingerprint density at radius 3 is 2.92 bits per heavy atom. The van der Waals surface area contributed by atoms with E-state index < -0.39 is 6.04 Å². The van der Waals surface area contributed by atoms with Crippen LogP contribution in [0.5, 0.6) is 0 Å². The summed E-state index contributed by atoms with van der Waals surface area (Å²) in [6.45, 7) is 4.14. The number of nitrogens with one attached hydrogen (secondary N) is 2. The van der Waals surface area contributed by atoms with Crippen molar-refractivity contribution in [1.82, 2.24) is 15.5 Å². The van der Waals surface area contributed by atoms with Crippen LogP contribution in [0, 0.1) is 5.82 Å². The average Bonchev–Trinajstić information content (AvgIpc) is 2.58. The first-order valence-corrected chi connectivity index (χ1v) is 9.27. The zero-order chi connectivity index (χ0) is 17.1. The lowest BCUT2D eigenvalue weighted by Gasteiger charge is -2.36.